The van der Waals surface area contributed by atoms with Gasteiger partial charge in [-0.05, 0) is 24.5 Å². The molecule has 7 heteroatoms. The molecule has 0 spiro atoms. The van der Waals surface area contributed by atoms with Gasteiger partial charge in [0.05, 0.1) is 5.56 Å². The molecule has 0 aliphatic heterocycles. The van der Waals surface area contributed by atoms with E-state index in [1.165, 1.54) is 6.20 Å². The first-order valence-corrected chi connectivity index (χ1v) is 6.81. The molecule has 1 aromatic rings. The van der Waals surface area contributed by atoms with Gasteiger partial charge in [0.25, 0.3) is 5.91 Å². The zero-order valence-corrected chi connectivity index (χ0v) is 14.8. The topological polar surface area (TPSA) is 92.4 Å². The SMILES string of the molecule is CC(C)CCN=C(N)NCCNC(=O)c1cccnc1.I. The molecule has 0 saturated heterocycles. The van der Waals surface area contributed by atoms with E-state index < -0.39 is 0 Å². The van der Waals surface area contributed by atoms with E-state index in [-0.39, 0.29) is 29.9 Å². The molecule has 0 bridgehead atoms. The number of pyridine rings is 1. The van der Waals surface area contributed by atoms with Gasteiger partial charge < -0.3 is 16.4 Å². The minimum atomic E-state index is -0.143. The van der Waals surface area contributed by atoms with E-state index in [1.54, 1.807) is 18.3 Å². The first-order chi connectivity index (χ1) is 9.59. The molecule has 0 aliphatic rings. The van der Waals surface area contributed by atoms with Crippen molar-refractivity contribution in [2.45, 2.75) is 20.3 Å². The van der Waals surface area contributed by atoms with Crippen LogP contribution in [0.3, 0.4) is 0 Å². The quantitative estimate of drug-likeness (QED) is 0.277. The Balaban J connectivity index is 0.00000400. The summed E-state index contributed by atoms with van der Waals surface area (Å²) in [6.07, 6.45) is 4.18. The van der Waals surface area contributed by atoms with Crippen molar-refractivity contribution in [2.75, 3.05) is 19.6 Å². The summed E-state index contributed by atoms with van der Waals surface area (Å²) in [5.74, 6) is 0.891. The number of hydrogen-bond acceptors (Lipinski definition) is 3. The highest BCUT2D eigenvalue weighted by Gasteiger charge is 2.03. The minimum Gasteiger partial charge on any atom is -0.370 e. The van der Waals surface area contributed by atoms with Crippen molar-refractivity contribution in [1.29, 1.82) is 0 Å². The van der Waals surface area contributed by atoms with Crippen molar-refractivity contribution < 1.29 is 4.79 Å². The predicted molar refractivity (Wildman–Crippen MR) is 95.9 cm³/mol. The lowest BCUT2D eigenvalue weighted by molar-refractivity contribution is 0.0954. The maximum Gasteiger partial charge on any atom is 0.252 e. The lowest BCUT2D eigenvalue weighted by Gasteiger charge is -2.08. The van der Waals surface area contributed by atoms with Crippen molar-refractivity contribution in [3.05, 3.63) is 30.1 Å². The van der Waals surface area contributed by atoms with Crippen molar-refractivity contribution >= 4 is 35.8 Å². The van der Waals surface area contributed by atoms with Gasteiger partial charge in [0.1, 0.15) is 0 Å². The van der Waals surface area contributed by atoms with Crippen molar-refractivity contribution in [3.8, 4) is 0 Å². The van der Waals surface area contributed by atoms with Crippen LogP contribution in [0.5, 0.6) is 0 Å². The summed E-state index contributed by atoms with van der Waals surface area (Å²) in [5.41, 5.74) is 6.25. The van der Waals surface area contributed by atoms with Gasteiger partial charge in [0.2, 0.25) is 0 Å². The fourth-order valence-corrected chi connectivity index (χ4v) is 1.46. The average Bonchev–Trinajstić information content (AvgIpc) is 2.44. The van der Waals surface area contributed by atoms with E-state index in [1.807, 2.05) is 0 Å². The Morgan fingerprint density at radius 3 is 2.71 bits per heavy atom. The zero-order valence-electron chi connectivity index (χ0n) is 12.5. The van der Waals surface area contributed by atoms with Crippen LogP contribution in [0.1, 0.15) is 30.6 Å². The third-order valence-corrected chi connectivity index (χ3v) is 2.63. The third-order valence-electron chi connectivity index (χ3n) is 2.63. The molecule has 0 radical (unpaired) electrons. The number of rotatable bonds is 7. The normalized spacial score (nSPS) is 10.9. The van der Waals surface area contributed by atoms with Crippen LogP contribution in [0.2, 0.25) is 0 Å². The molecular formula is C14H24IN5O. The van der Waals surface area contributed by atoms with Gasteiger partial charge in [-0.15, -0.1) is 24.0 Å². The van der Waals surface area contributed by atoms with Crippen LogP contribution in [-0.2, 0) is 0 Å². The second-order valence-corrected chi connectivity index (χ2v) is 4.87. The summed E-state index contributed by atoms with van der Waals surface area (Å²) in [5, 5.41) is 5.74. The first kappa shape index (κ1) is 19.6. The molecule has 0 aromatic carbocycles. The average molecular weight is 405 g/mol. The van der Waals surface area contributed by atoms with Gasteiger partial charge in [-0.2, -0.15) is 0 Å². The number of nitrogens with one attached hydrogen (secondary N) is 2. The van der Waals surface area contributed by atoms with Gasteiger partial charge in [-0.3, -0.25) is 14.8 Å². The standard InChI is InChI=1S/C14H23N5O.HI/c1-11(2)5-7-18-14(15)19-9-8-17-13(20)12-4-3-6-16-10-12;/h3-4,6,10-11H,5,7-9H2,1-2H3,(H,17,20)(H3,15,18,19);1H. The summed E-state index contributed by atoms with van der Waals surface area (Å²) in [6.45, 7) is 6.04. The van der Waals surface area contributed by atoms with Gasteiger partial charge in [0.15, 0.2) is 5.96 Å². The molecular weight excluding hydrogens is 381 g/mol. The zero-order chi connectivity index (χ0) is 14.8. The maximum absolute atomic E-state index is 11.7. The Morgan fingerprint density at radius 2 is 2.10 bits per heavy atom. The van der Waals surface area contributed by atoms with E-state index in [4.69, 9.17) is 5.73 Å². The van der Waals surface area contributed by atoms with Gasteiger partial charge in [-0.25, -0.2) is 0 Å². The van der Waals surface area contributed by atoms with Crippen LogP contribution in [0.4, 0.5) is 0 Å². The fraction of sp³-hybridized carbons (Fsp3) is 0.500. The highest BCUT2D eigenvalue weighted by atomic mass is 127. The second kappa shape index (κ2) is 11.3. The largest absolute Gasteiger partial charge is 0.370 e. The number of aliphatic imine (C=N–C) groups is 1. The molecule has 1 amide bonds. The molecule has 1 rings (SSSR count). The van der Waals surface area contributed by atoms with Crippen LogP contribution in [0, 0.1) is 5.92 Å². The Bertz CT molecular complexity index is 436. The highest BCUT2D eigenvalue weighted by Crippen LogP contribution is 1.98. The van der Waals surface area contributed by atoms with E-state index in [0.29, 0.717) is 30.5 Å². The molecule has 21 heavy (non-hydrogen) atoms. The Labute approximate surface area is 143 Å². The summed E-state index contributed by atoms with van der Waals surface area (Å²) in [6, 6.07) is 3.45. The summed E-state index contributed by atoms with van der Waals surface area (Å²) in [4.78, 5) is 19.8. The maximum atomic E-state index is 11.7. The number of guanidine groups is 1. The van der Waals surface area contributed by atoms with Crippen LogP contribution in [0.15, 0.2) is 29.5 Å². The molecule has 0 aliphatic carbocycles. The minimum absolute atomic E-state index is 0. The number of amides is 1. The Kier molecular flexibility index (Phi) is 10.6. The lowest BCUT2D eigenvalue weighted by atomic mass is 10.1. The van der Waals surface area contributed by atoms with Crippen LogP contribution < -0.4 is 16.4 Å². The lowest BCUT2D eigenvalue weighted by Crippen LogP contribution is -2.38. The molecule has 4 N–H and O–H groups in total. The number of nitrogens with two attached hydrogens (primary N) is 1. The number of nitrogens with zero attached hydrogens (tertiary/aromatic N) is 2. The molecule has 0 unspecified atom stereocenters. The molecule has 118 valence electrons. The Morgan fingerprint density at radius 1 is 1.38 bits per heavy atom. The van der Waals surface area contributed by atoms with Crippen molar-refractivity contribution in [3.63, 3.8) is 0 Å². The van der Waals surface area contributed by atoms with Gasteiger partial charge >= 0.3 is 0 Å². The number of carbonyl (C=O) groups excluding carboxylic acids is 1. The molecule has 0 fully saturated rings. The van der Waals surface area contributed by atoms with Crippen LogP contribution in [-0.4, -0.2) is 36.5 Å². The third kappa shape index (κ3) is 9.22. The predicted octanol–water partition coefficient (Wildman–Crippen LogP) is 1.38. The Hall–Kier alpha value is -1.38. The van der Waals surface area contributed by atoms with E-state index in [9.17, 15) is 4.79 Å². The second-order valence-electron chi connectivity index (χ2n) is 4.87. The van der Waals surface area contributed by atoms with Crippen LogP contribution >= 0.6 is 24.0 Å². The van der Waals surface area contributed by atoms with Gasteiger partial charge in [-0.1, -0.05) is 13.8 Å². The molecule has 1 aromatic heterocycles. The highest BCUT2D eigenvalue weighted by molar-refractivity contribution is 14.0. The van der Waals surface area contributed by atoms with Gasteiger partial charge in [0, 0.05) is 32.0 Å². The number of carbonyl (C=O) groups is 1. The number of halogens is 1. The number of hydrogen-bond donors (Lipinski definition) is 3. The summed E-state index contributed by atoms with van der Waals surface area (Å²) < 4.78 is 0. The molecule has 6 nitrogen and oxygen atoms in total. The molecule has 0 atom stereocenters. The van der Waals surface area contributed by atoms with Crippen LogP contribution in [0.25, 0.3) is 0 Å². The first-order valence-electron chi connectivity index (χ1n) is 6.81. The van der Waals surface area contributed by atoms with E-state index in [2.05, 4.69) is 34.5 Å². The fourth-order valence-electron chi connectivity index (χ4n) is 1.46. The molecule has 0 saturated carbocycles. The monoisotopic (exact) mass is 405 g/mol. The molecule has 1 heterocycles. The summed E-state index contributed by atoms with van der Waals surface area (Å²) >= 11 is 0. The van der Waals surface area contributed by atoms with E-state index in [0.717, 1.165) is 13.0 Å². The summed E-state index contributed by atoms with van der Waals surface area (Å²) in [7, 11) is 0. The number of aromatic nitrogens is 1. The van der Waals surface area contributed by atoms with Crippen molar-refractivity contribution in [1.82, 2.24) is 15.6 Å². The smallest absolute Gasteiger partial charge is 0.252 e. The van der Waals surface area contributed by atoms with E-state index >= 15 is 0 Å². The van der Waals surface area contributed by atoms with Crippen molar-refractivity contribution in [2.24, 2.45) is 16.6 Å².